The molecule has 0 saturated carbocycles. The highest BCUT2D eigenvalue weighted by molar-refractivity contribution is 4.74. The minimum absolute atomic E-state index is 0.0774. The van der Waals surface area contributed by atoms with E-state index in [-0.39, 0.29) is 11.5 Å². The Bertz CT molecular complexity index is 180. The van der Waals surface area contributed by atoms with Crippen LogP contribution in [0.4, 0.5) is 0 Å². The first kappa shape index (κ1) is 15.8. The summed E-state index contributed by atoms with van der Waals surface area (Å²) in [4.78, 5) is 2.01. The highest BCUT2D eigenvalue weighted by atomic mass is 16.5. The maximum atomic E-state index is 9.86. The topological polar surface area (TPSA) is 52.9 Å². The third kappa shape index (κ3) is 7.17. The van der Waals surface area contributed by atoms with Crippen LogP contribution in [0.1, 0.15) is 27.2 Å². The van der Waals surface area contributed by atoms with E-state index in [0.717, 1.165) is 13.0 Å². The SMILES string of the molecule is COCC(O)CN(C)CCC(O)C(C)(C)C. The summed E-state index contributed by atoms with van der Waals surface area (Å²) in [5.41, 5.74) is -0.0774. The van der Waals surface area contributed by atoms with E-state index in [1.165, 1.54) is 0 Å². The molecular weight excluding hydrogens is 206 g/mol. The Kier molecular flexibility index (Phi) is 7.15. The third-order valence-electron chi connectivity index (χ3n) is 2.67. The summed E-state index contributed by atoms with van der Waals surface area (Å²) in [7, 11) is 3.51. The van der Waals surface area contributed by atoms with Crippen LogP contribution >= 0.6 is 0 Å². The molecule has 4 nitrogen and oxygen atoms in total. The van der Waals surface area contributed by atoms with Crippen molar-refractivity contribution in [1.82, 2.24) is 4.90 Å². The highest BCUT2D eigenvalue weighted by Crippen LogP contribution is 2.21. The van der Waals surface area contributed by atoms with Crippen LogP contribution in [0.15, 0.2) is 0 Å². The first-order chi connectivity index (χ1) is 7.27. The van der Waals surface area contributed by atoms with Crippen LogP contribution in [-0.4, -0.2) is 61.2 Å². The molecule has 0 radical (unpaired) electrons. The van der Waals surface area contributed by atoms with Crippen LogP contribution < -0.4 is 0 Å². The molecule has 0 aromatic carbocycles. The van der Waals surface area contributed by atoms with Crippen LogP contribution in [0.3, 0.4) is 0 Å². The molecule has 0 rings (SSSR count). The van der Waals surface area contributed by atoms with Crippen molar-refractivity contribution in [1.29, 1.82) is 0 Å². The van der Waals surface area contributed by atoms with E-state index in [2.05, 4.69) is 0 Å². The smallest absolute Gasteiger partial charge is 0.0899 e. The maximum Gasteiger partial charge on any atom is 0.0899 e. The minimum atomic E-state index is -0.457. The lowest BCUT2D eigenvalue weighted by Crippen LogP contribution is -2.36. The van der Waals surface area contributed by atoms with Crippen molar-refractivity contribution in [2.45, 2.75) is 39.4 Å². The molecule has 0 aliphatic carbocycles. The molecule has 2 atom stereocenters. The highest BCUT2D eigenvalue weighted by Gasteiger charge is 2.22. The van der Waals surface area contributed by atoms with E-state index in [0.29, 0.717) is 13.2 Å². The van der Waals surface area contributed by atoms with Gasteiger partial charge in [-0.3, -0.25) is 0 Å². The van der Waals surface area contributed by atoms with Crippen LogP contribution in [0.5, 0.6) is 0 Å². The molecular formula is C12H27NO3. The molecule has 2 unspecified atom stereocenters. The van der Waals surface area contributed by atoms with Crippen molar-refractivity contribution < 1.29 is 14.9 Å². The third-order valence-corrected chi connectivity index (χ3v) is 2.67. The summed E-state index contributed by atoms with van der Waals surface area (Å²) in [6.07, 6.45) is -0.0454. The van der Waals surface area contributed by atoms with E-state index in [1.807, 2.05) is 32.7 Å². The van der Waals surface area contributed by atoms with Gasteiger partial charge in [0.25, 0.3) is 0 Å². The van der Waals surface area contributed by atoms with Gasteiger partial charge in [0.1, 0.15) is 0 Å². The zero-order valence-corrected chi connectivity index (χ0v) is 11.2. The van der Waals surface area contributed by atoms with E-state index >= 15 is 0 Å². The Morgan fingerprint density at radius 1 is 1.25 bits per heavy atom. The van der Waals surface area contributed by atoms with E-state index < -0.39 is 6.10 Å². The summed E-state index contributed by atoms with van der Waals surface area (Å²) in [5.74, 6) is 0. The standard InChI is InChI=1S/C12H27NO3/c1-12(2,3)11(15)6-7-13(4)8-10(14)9-16-5/h10-11,14-15H,6-9H2,1-5H3. The van der Waals surface area contributed by atoms with E-state index in [4.69, 9.17) is 4.74 Å². The molecule has 0 aliphatic rings. The van der Waals surface area contributed by atoms with E-state index in [1.54, 1.807) is 7.11 Å². The molecule has 0 aromatic rings. The lowest BCUT2D eigenvalue weighted by Gasteiger charge is -2.28. The molecule has 0 bridgehead atoms. The van der Waals surface area contributed by atoms with Crippen LogP contribution in [-0.2, 0) is 4.74 Å². The summed E-state index contributed by atoms with van der Waals surface area (Å²) < 4.78 is 4.86. The Hall–Kier alpha value is -0.160. The fraction of sp³-hybridized carbons (Fsp3) is 1.00. The van der Waals surface area contributed by atoms with Crippen LogP contribution in [0.25, 0.3) is 0 Å². The van der Waals surface area contributed by atoms with Gasteiger partial charge in [-0.05, 0) is 18.9 Å². The van der Waals surface area contributed by atoms with Crippen molar-refractivity contribution >= 4 is 0 Å². The zero-order chi connectivity index (χ0) is 12.8. The fourth-order valence-electron chi connectivity index (χ4n) is 1.47. The Balaban J connectivity index is 3.77. The second kappa shape index (κ2) is 7.22. The van der Waals surface area contributed by atoms with Gasteiger partial charge in [-0.2, -0.15) is 0 Å². The summed E-state index contributed by atoms with van der Waals surface area (Å²) >= 11 is 0. The predicted molar refractivity (Wildman–Crippen MR) is 65.5 cm³/mol. The average molecular weight is 233 g/mol. The number of hydrogen-bond donors (Lipinski definition) is 2. The number of likely N-dealkylation sites (N-methyl/N-ethyl adjacent to an activating group) is 1. The molecule has 0 aliphatic heterocycles. The first-order valence-electron chi connectivity index (χ1n) is 5.81. The van der Waals surface area contributed by atoms with Crippen molar-refractivity contribution in [3.05, 3.63) is 0 Å². The number of aliphatic hydroxyl groups excluding tert-OH is 2. The van der Waals surface area contributed by atoms with Crippen molar-refractivity contribution in [3.8, 4) is 0 Å². The van der Waals surface area contributed by atoms with Crippen LogP contribution in [0, 0.1) is 5.41 Å². The Morgan fingerprint density at radius 3 is 2.25 bits per heavy atom. The van der Waals surface area contributed by atoms with Gasteiger partial charge >= 0.3 is 0 Å². The molecule has 0 fully saturated rings. The number of aliphatic hydroxyl groups is 2. The summed E-state index contributed by atoms with van der Waals surface area (Å²) in [6, 6.07) is 0. The lowest BCUT2D eigenvalue weighted by atomic mass is 9.87. The van der Waals surface area contributed by atoms with Gasteiger partial charge in [0.15, 0.2) is 0 Å². The van der Waals surface area contributed by atoms with Gasteiger partial charge in [0.2, 0.25) is 0 Å². The predicted octanol–water partition coefficient (Wildman–Crippen LogP) is 0.723. The monoisotopic (exact) mass is 233 g/mol. The maximum absolute atomic E-state index is 9.86. The van der Waals surface area contributed by atoms with E-state index in [9.17, 15) is 10.2 Å². The number of nitrogens with zero attached hydrogens (tertiary/aromatic N) is 1. The largest absolute Gasteiger partial charge is 0.393 e. The zero-order valence-electron chi connectivity index (χ0n) is 11.2. The second-order valence-electron chi connectivity index (χ2n) is 5.54. The molecule has 0 spiro atoms. The van der Waals surface area contributed by atoms with Gasteiger partial charge in [0, 0.05) is 20.2 Å². The van der Waals surface area contributed by atoms with Gasteiger partial charge < -0.3 is 19.8 Å². The molecule has 2 N–H and O–H groups in total. The number of methoxy groups -OCH3 is 1. The molecule has 0 amide bonds. The Labute approximate surface area is 99.2 Å². The number of ether oxygens (including phenoxy) is 1. The minimum Gasteiger partial charge on any atom is -0.393 e. The summed E-state index contributed by atoms with van der Waals surface area (Å²) in [5, 5.41) is 19.4. The molecule has 0 saturated heterocycles. The normalized spacial score (nSPS) is 16.5. The van der Waals surface area contributed by atoms with Crippen LogP contribution in [0.2, 0.25) is 0 Å². The Morgan fingerprint density at radius 2 is 1.81 bits per heavy atom. The first-order valence-corrected chi connectivity index (χ1v) is 5.81. The molecule has 0 aromatic heterocycles. The van der Waals surface area contributed by atoms with Gasteiger partial charge in [-0.15, -0.1) is 0 Å². The van der Waals surface area contributed by atoms with Crippen molar-refractivity contribution in [2.24, 2.45) is 5.41 Å². The number of hydrogen-bond acceptors (Lipinski definition) is 4. The fourth-order valence-corrected chi connectivity index (χ4v) is 1.47. The molecule has 98 valence electrons. The quantitative estimate of drug-likeness (QED) is 0.680. The van der Waals surface area contributed by atoms with Gasteiger partial charge in [-0.25, -0.2) is 0 Å². The van der Waals surface area contributed by atoms with Gasteiger partial charge in [-0.1, -0.05) is 20.8 Å². The average Bonchev–Trinajstić information content (AvgIpc) is 2.12. The van der Waals surface area contributed by atoms with Gasteiger partial charge in [0.05, 0.1) is 18.8 Å². The second-order valence-corrected chi connectivity index (χ2v) is 5.54. The number of rotatable bonds is 7. The lowest BCUT2D eigenvalue weighted by molar-refractivity contribution is 0.0265. The van der Waals surface area contributed by atoms with Crippen molar-refractivity contribution in [3.63, 3.8) is 0 Å². The molecule has 0 heterocycles. The molecule has 16 heavy (non-hydrogen) atoms. The summed E-state index contributed by atoms with van der Waals surface area (Å²) in [6.45, 7) is 7.78. The molecule has 4 heteroatoms. The van der Waals surface area contributed by atoms with Crippen molar-refractivity contribution in [2.75, 3.05) is 33.9 Å².